The summed E-state index contributed by atoms with van der Waals surface area (Å²) in [6, 6.07) is 10.5. The van der Waals surface area contributed by atoms with Crippen LogP contribution in [0.3, 0.4) is 0 Å². The third-order valence-corrected chi connectivity index (χ3v) is 8.85. The Morgan fingerprint density at radius 3 is 1.67 bits per heavy atom. The van der Waals surface area contributed by atoms with Crippen LogP contribution in [-0.2, 0) is 0 Å². The van der Waals surface area contributed by atoms with Crippen LogP contribution in [0.1, 0.15) is 157 Å². The van der Waals surface area contributed by atoms with Gasteiger partial charge in [0, 0.05) is 11.1 Å². The molecule has 2 rings (SSSR count). The Balaban J connectivity index is 2.23. The van der Waals surface area contributed by atoms with Crippen molar-refractivity contribution in [3.63, 3.8) is 0 Å². The van der Waals surface area contributed by atoms with Gasteiger partial charge in [-0.3, -0.25) is 0 Å². The summed E-state index contributed by atoms with van der Waals surface area (Å²) >= 11 is 0. The molecule has 250 valence electrons. The summed E-state index contributed by atoms with van der Waals surface area (Å²) in [5.41, 5.74) is 6.95. The largest absolute Gasteiger partial charge is 0.493 e. The third-order valence-electron chi connectivity index (χ3n) is 8.85. The van der Waals surface area contributed by atoms with Crippen molar-refractivity contribution < 1.29 is 9.47 Å². The second kappa shape index (κ2) is 22.9. The van der Waals surface area contributed by atoms with Gasteiger partial charge in [-0.2, -0.15) is 5.26 Å². The van der Waals surface area contributed by atoms with Crippen molar-refractivity contribution in [2.75, 3.05) is 13.2 Å². The zero-order valence-electron chi connectivity index (χ0n) is 29.9. The molecular weight excluding hydrogens is 564 g/mol. The lowest BCUT2D eigenvalue weighted by Crippen LogP contribution is -2.02. The highest BCUT2D eigenvalue weighted by atomic mass is 16.5. The molecule has 0 saturated carbocycles. The van der Waals surface area contributed by atoms with Gasteiger partial charge in [-0.1, -0.05) is 115 Å². The summed E-state index contributed by atoms with van der Waals surface area (Å²) in [6.45, 7) is 22.0. The van der Waals surface area contributed by atoms with Gasteiger partial charge in [0.25, 0.3) is 0 Å². The minimum atomic E-state index is 0.542. The topological polar surface area (TPSA) is 46.6 Å². The predicted molar refractivity (Wildman–Crippen MR) is 197 cm³/mol. The third kappa shape index (κ3) is 13.5. The summed E-state index contributed by atoms with van der Waals surface area (Å²) in [7, 11) is 0. The molecule has 2 aromatic rings. The molecule has 0 unspecified atom stereocenters. The van der Waals surface area contributed by atoms with Crippen molar-refractivity contribution in [1.29, 1.82) is 5.26 Å². The monoisotopic (exact) mass is 624 g/mol. The highest BCUT2D eigenvalue weighted by Crippen LogP contribution is 2.35. The second-order valence-electron chi connectivity index (χ2n) is 12.7. The Hall–Kier alpha value is -3.50. The van der Waals surface area contributed by atoms with E-state index in [0.29, 0.717) is 30.2 Å². The lowest BCUT2D eigenvalue weighted by Gasteiger charge is -2.16. The van der Waals surface area contributed by atoms with Crippen LogP contribution in [0, 0.1) is 38.7 Å². The molecule has 0 N–H and O–H groups in total. The maximum atomic E-state index is 9.84. The fraction of sp³-hybridized carbons (Fsp3) is 0.571. The second-order valence-corrected chi connectivity index (χ2v) is 12.7. The molecule has 0 fully saturated rings. The van der Waals surface area contributed by atoms with Crippen LogP contribution in [0.25, 0.3) is 22.2 Å². The number of nitrogens with zero attached hydrogens (tertiary/aromatic N) is 2. The minimum absolute atomic E-state index is 0.542. The number of benzene rings is 2. The van der Waals surface area contributed by atoms with Gasteiger partial charge in [-0.25, -0.2) is 4.85 Å². The lowest BCUT2D eigenvalue weighted by atomic mass is 9.96. The molecular formula is C42H60N2O2. The summed E-state index contributed by atoms with van der Waals surface area (Å²) < 4.78 is 12.7. The van der Waals surface area contributed by atoms with Crippen LogP contribution >= 0.6 is 0 Å². The quantitative estimate of drug-likeness (QED) is 0.0535. The van der Waals surface area contributed by atoms with Gasteiger partial charge in [-0.15, -0.1) is 0 Å². The molecule has 0 aliphatic carbocycles. The maximum Gasteiger partial charge on any atom is 0.195 e. The SMILES string of the molecule is [C-]#[N+]/C(=C\c1cc(C)c(C)cc1OCCCCCCCCCC)c1cc(OCCCCCCCCCC)c(/C(C#N)=C/C)cc1C. The number of hydrogen-bond donors (Lipinski definition) is 0. The number of hydrogen-bond acceptors (Lipinski definition) is 3. The van der Waals surface area contributed by atoms with Crippen LogP contribution in [-0.4, -0.2) is 13.2 Å². The molecule has 0 aromatic heterocycles. The summed E-state index contributed by atoms with van der Waals surface area (Å²) in [4.78, 5) is 3.99. The minimum Gasteiger partial charge on any atom is -0.493 e. The highest BCUT2D eigenvalue weighted by molar-refractivity contribution is 5.90. The summed E-state index contributed by atoms with van der Waals surface area (Å²) in [5, 5.41) is 9.84. The molecule has 0 heterocycles. The summed E-state index contributed by atoms with van der Waals surface area (Å²) in [6.07, 6.45) is 23.7. The predicted octanol–water partition coefficient (Wildman–Crippen LogP) is 13.0. The van der Waals surface area contributed by atoms with Crippen molar-refractivity contribution in [2.24, 2.45) is 0 Å². The van der Waals surface area contributed by atoms with E-state index in [2.05, 4.69) is 50.7 Å². The fourth-order valence-electron chi connectivity index (χ4n) is 5.78. The van der Waals surface area contributed by atoms with E-state index in [1.54, 1.807) is 0 Å². The van der Waals surface area contributed by atoms with Crippen LogP contribution in [0.2, 0.25) is 0 Å². The van der Waals surface area contributed by atoms with Gasteiger partial charge in [0.15, 0.2) is 5.70 Å². The van der Waals surface area contributed by atoms with Crippen LogP contribution in [0.15, 0.2) is 30.3 Å². The Labute approximate surface area is 281 Å². The van der Waals surface area contributed by atoms with E-state index in [-0.39, 0.29) is 0 Å². The van der Waals surface area contributed by atoms with E-state index < -0.39 is 0 Å². The first-order valence-electron chi connectivity index (χ1n) is 18.1. The molecule has 0 atom stereocenters. The van der Waals surface area contributed by atoms with E-state index in [0.717, 1.165) is 47.3 Å². The van der Waals surface area contributed by atoms with E-state index in [1.165, 1.54) is 94.6 Å². The number of aryl methyl sites for hydroxylation is 3. The number of unbranched alkanes of at least 4 members (excludes halogenated alkanes) is 14. The molecule has 0 saturated heterocycles. The molecule has 0 aliphatic rings. The van der Waals surface area contributed by atoms with E-state index in [4.69, 9.17) is 16.0 Å². The van der Waals surface area contributed by atoms with Gasteiger partial charge in [0.1, 0.15) is 11.5 Å². The van der Waals surface area contributed by atoms with E-state index in [9.17, 15) is 5.26 Å². The molecule has 0 amide bonds. The van der Waals surface area contributed by atoms with Gasteiger partial charge in [0.2, 0.25) is 0 Å². The highest BCUT2D eigenvalue weighted by Gasteiger charge is 2.16. The van der Waals surface area contributed by atoms with Gasteiger partial charge in [0.05, 0.1) is 31.4 Å². The molecule has 0 spiro atoms. The van der Waals surface area contributed by atoms with Crippen molar-refractivity contribution >= 4 is 17.3 Å². The molecule has 0 radical (unpaired) electrons. The Kier molecular flexibility index (Phi) is 19.3. The van der Waals surface area contributed by atoms with Gasteiger partial charge < -0.3 is 9.47 Å². The molecule has 2 aromatic carbocycles. The normalized spacial score (nSPS) is 11.7. The molecule has 4 heteroatoms. The van der Waals surface area contributed by atoms with Crippen LogP contribution in [0.4, 0.5) is 0 Å². The molecule has 4 nitrogen and oxygen atoms in total. The smallest absolute Gasteiger partial charge is 0.195 e. The molecule has 0 aliphatic heterocycles. The standard InChI is InChI=1S/C42H60N2O2/c1-8-11-13-15-17-19-21-23-25-45-41-29-34(5)33(4)27-37(41)30-40(44-7)38-31-42(39(28-35(38)6)36(10-3)32-43)46-26-24-22-20-18-16-14-12-9-2/h10,27-31H,8-9,11-26H2,1-6H3/b36-10+,40-30-. The molecule has 0 bridgehead atoms. The number of rotatable bonds is 23. The average molecular weight is 625 g/mol. The number of nitriles is 1. The first-order valence-corrected chi connectivity index (χ1v) is 18.1. The van der Waals surface area contributed by atoms with Crippen molar-refractivity contribution in [2.45, 2.75) is 144 Å². The first-order chi connectivity index (χ1) is 22.4. The average Bonchev–Trinajstić information content (AvgIpc) is 3.05. The summed E-state index contributed by atoms with van der Waals surface area (Å²) in [5.74, 6) is 1.49. The fourth-order valence-corrected chi connectivity index (χ4v) is 5.78. The van der Waals surface area contributed by atoms with Crippen molar-refractivity contribution in [3.8, 4) is 17.6 Å². The lowest BCUT2D eigenvalue weighted by molar-refractivity contribution is 0.303. The zero-order chi connectivity index (χ0) is 33.6. The van der Waals surface area contributed by atoms with Crippen molar-refractivity contribution in [3.05, 3.63) is 75.1 Å². The number of allylic oxidation sites excluding steroid dienone is 2. The van der Waals surface area contributed by atoms with E-state index >= 15 is 0 Å². The first kappa shape index (κ1) is 38.7. The Morgan fingerprint density at radius 1 is 0.674 bits per heavy atom. The van der Waals surface area contributed by atoms with Crippen molar-refractivity contribution in [1.82, 2.24) is 0 Å². The number of ether oxygens (including phenoxy) is 2. The molecule has 46 heavy (non-hydrogen) atoms. The van der Waals surface area contributed by atoms with Crippen LogP contribution in [0.5, 0.6) is 11.5 Å². The van der Waals surface area contributed by atoms with Gasteiger partial charge >= 0.3 is 0 Å². The Morgan fingerprint density at radius 2 is 1.17 bits per heavy atom. The zero-order valence-corrected chi connectivity index (χ0v) is 29.9. The Bertz CT molecular complexity index is 1340. The van der Waals surface area contributed by atoms with Gasteiger partial charge in [-0.05, 0) is 87.6 Å². The maximum absolute atomic E-state index is 9.84. The van der Waals surface area contributed by atoms with E-state index in [1.807, 2.05) is 38.1 Å². The van der Waals surface area contributed by atoms with Crippen LogP contribution < -0.4 is 9.47 Å².